The fraction of sp³-hybridized carbons (Fsp3) is 0.444. The van der Waals surface area contributed by atoms with E-state index in [1.165, 1.54) is 20.8 Å². The first kappa shape index (κ1) is 22.1. The molecule has 0 saturated carbocycles. The largest absolute Gasteiger partial charge is 0.480 e. The predicted molar refractivity (Wildman–Crippen MR) is 98.6 cm³/mol. The van der Waals surface area contributed by atoms with E-state index >= 15 is 0 Å². The van der Waals surface area contributed by atoms with Crippen molar-refractivity contribution in [1.29, 1.82) is 0 Å². The zero-order valence-electron chi connectivity index (χ0n) is 15.6. The summed E-state index contributed by atoms with van der Waals surface area (Å²) in [7, 11) is 0. The first-order chi connectivity index (χ1) is 12.6. The van der Waals surface area contributed by atoms with E-state index in [1.54, 1.807) is 0 Å². The Hall–Kier alpha value is -2.94. The summed E-state index contributed by atoms with van der Waals surface area (Å²) < 4.78 is 0. The number of carboxylic acids is 1. The normalized spacial score (nSPS) is 15.0. The summed E-state index contributed by atoms with van der Waals surface area (Å²) in [5.74, 6) is -2.90. The molecule has 0 saturated heterocycles. The zero-order valence-corrected chi connectivity index (χ0v) is 15.6. The van der Waals surface area contributed by atoms with Crippen molar-refractivity contribution in [2.75, 3.05) is 0 Å². The summed E-state index contributed by atoms with van der Waals surface area (Å²) in [6.07, 6.45) is 0.326. The number of hydrogen-bond acceptors (Lipinski definition) is 5. The van der Waals surface area contributed by atoms with Gasteiger partial charge in [0.05, 0.1) is 6.04 Å². The van der Waals surface area contributed by atoms with E-state index in [9.17, 15) is 19.2 Å². The van der Waals surface area contributed by atoms with Crippen LogP contribution in [-0.4, -0.2) is 53.0 Å². The van der Waals surface area contributed by atoms with E-state index in [2.05, 4.69) is 16.0 Å². The van der Waals surface area contributed by atoms with Gasteiger partial charge in [-0.1, -0.05) is 30.3 Å². The van der Waals surface area contributed by atoms with Gasteiger partial charge in [0.2, 0.25) is 17.7 Å². The topological polar surface area (TPSA) is 151 Å². The first-order valence-electron chi connectivity index (χ1n) is 8.55. The van der Waals surface area contributed by atoms with Crippen molar-refractivity contribution >= 4 is 23.7 Å². The number of carbonyl (C=O) groups excluding carboxylic acids is 3. The Labute approximate surface area is 157 Å². The number of nitrogens with two attached hydrogens (primary N) is 1. The molecule has 9 heteroatoms. The van der Waals surface area contributed by atoms with E-state index in [1.807, 2.05) is 30.3 Å². The van der Waals surface area contributed by atoms with Crippen LogP contribution in [0.2, 0.25) is 0 Å². The smallest absolute Gasteiger partial charge is 0.325 e. The van der Waals surface area contributed by atoms with Gasteiger partial charge in [-0.2, -0.15) is 0 Å². The first-order valence-corrected chi connectivity index (χ1v) is 8.55. The van der Waals surface area contributed by atoms with Gasteiger partial charge in [0.1, 0.15) is 18.1 Å². The van der Waals surface area contributed by atoms with Gasteiger partial charge in [0.25, 0.3) is 0 Å². The van der Waals surface area contributed by atoms with Crippen molar-refractivity contribution in [3.05, 3.63) is 35.9 Å². The molecule has 0 spiro atoms. The number of hydrogen-bond donors (Lipinski definition) is 5. The van der Waals surface area contributed by atoms with Crippen LogP contribution in [0.3, 0.4) is 0 Å². The second-order valence-corrected chi connectivity index (χ2v) is 6.33. The second kappa shape index (κ2) is 10.3. The molecule has 0 aliphatic rings. The van der Waals surface area contributed by atoms with E-state index in [-0.39, 0.29) is 0 Å². The molecule has 0 aliphatic carbocycles. The molecule has 0 fully saturated rings. The van der Waals surface area contributed by atoms with Crippen LogP contribution in [0.5, 0.6) is 0 Å². The standard InChI is InChI=1S/C18H26N4O5/c1-10(16(24)22-12(3)18(26)27)20-15(23)11(2)21-17(25)14(19)9-13-7-5-4-6-8-13/h4-8,10-12,14H,9,19H2,1-3H3,(H,20,23)(H,21,25)(H,22,24)(H,26,27)/t10-,11-,12-,14-/m0/s1. The molecule has 27 heavy (non-hydrogen) atoms. The third-order valence-corrected chi connectivity index (χ3v) is 3.87. The molecule has 148 valence electrons. The Morgan fingerprint density at radius 1 is 0.852 bits per heavy atom. The Balaban J connectivity index is 2.49. The third-order valence-electron chi connectivity index (χ3n) is 3.87. The van der Waals surface area contributed by atoms with Crippen LogP contribution >= 0.6 is 0 Å². The Bertz CT molecular complexity index is 680. The molecule has 0 aliphatic heterocycles. The molecule has 1 aromatic carbocycles. The second-order valence-electron chi connectivity index (χ2n) is 6.33. The lowest BCUT2D eigenvalue weighted by Gasteiger charge is -2.20. The predicted octanol–water partition coefficient (Wildman–Crippen LogP) is -0.845. The van der Waals surface area contributed by atoms with Gasteiger partial charge in [-0.05, 0) is 32.8 Å². The summed E-state index contributed by atoms with van der Waals surface area (Å²) in [4.78, 5) is 46.9. The Kier molecular flexibility index (Phi) is 8.40. The molecule has 6 N–H and O–H groups in total. The number of benzene rings is 1. The number of rotatable bonds is 9. The number of aliphatic carboxylic acids is 1. The summed E-state index contributed by atoms with van der Waals surface area (Å²) in [5.41, 5.74) is 6.77. The molecule has 0 heterocycles. The van der Waals surface area contributed by atoms with Crippen LogP contribution in [0.25, 0.3) is 0 Å². The summed E-state index contributed by atoms with van der Waals surface area (Å²) in [6, 6.07) is 5.47. The highest BCUT2D eigenvalue weighted by Gasteiger charge is 2.24. The van der Waals surface area contributed by atoms with E-state index in [0.29, 0.717) is 6.42 Å². The molecule has 0 radical (unpaired) electrons. The summed E-state index contributed by atoms with van der Waals surface area (Å²) in [6.45, 7) is 4.19. The maximum absolute atomic E-state index is 12.1. The minimum Gasteiger partial charge on any atom is -0.480 e. The van der Waals surface area contributed by atoms with Gasteiger partial charge in [-0.25, -0.2) is 0 Å². The molecular formula is C18H26N4O5. The average molecular weight is 378 g/mol. The SMILES string of the molecule is C[C@H](NC(=O)[C@H](C)NC(=O)[C@H](C)NC(=O)[C@@H](N)Cc1ccccc1)C(=O)O. The van der Waals surface area contributed by atoms with E-state index in [4.69, 9.17) is 10.8 Å². The van der Waals surface area contributed by atoms with Crippen molar-refractivity contribution in [3.63, 3.8) is 0 Å². The monoisotopic (exact) mass is 378 g/mol. The molecule has 0 bridgehead atoms. The van der Waals surface area contributed by atoms with Crippen molar-refractivity contribution in [1.82, 2.24) is 16.0 Å². The quantitative estimate of drug-likeness (QED) is 0.378. The lowest BCUT2D eigenvalue weighted by Crippen LogP contribution is -2.55. The van der Waals surface area contributed by atoms with E-state index < -0.39 is 47.9 Å². The lowest BCUT2D eigenvalue weighted by molar-refractivity contribution is -0.141. The van der Waals surface area contributed by atoms with Crippen molar-refractivity contribution in [3.8, 4) is 0 Å². The van der Waals surface area contributed by atoms with Gasteiger partial charge < -0.3 is 26.8 Å². The number of carbonyl (C=O) groups is 4. The van der Waals surface area contributed by atoms with Crippen LogP contribution in [0.15, 0.2) is 30.3 Å². The minimum atomic E-state index is -1.19. The lowest BCUT2D eigenvalue weighted by atomic mass is 10.1. The molecular weight excluding hydrogens is 352 g/mol. The Morgan fingerprint density at radius 2 is 1.30 bits per heavy atom. The van der Waals surface area contributed by atoms with Gasteiger partial charge in [0, 0.05) is 0 Å². The maximum atomic E-state index is 12.1. The van der Waals surface area contributed by atoms with Crippen LogP contribution in [0, 0.1) is 0 Å². The maximum Gasteiger partial charge on any atom is 0.325 e. The molecule has 3 amide bonds. The zero-order chi connectivity index (χ0) is 20.6. The average Bonchev–Trinajstić information content (AvgIpc) is 2.61. The van der Waals surface area contributed by atoms with Crippen molar-refractivity contribution in [2.45, 2.75) is 51.4 Å². The van der Waals surface area contributed by atoms with Crippen LogP contribution in [0.4, 0.5) is 0 Å². The molecule has 9 nitrogen and oxygen atoms in total. The van der Waals surface area contributed by atoms with Crippen LogP contribution in [-0.2, 0) is 25.6 Å². The molecule has 4 atom stereocenters. The van der Waals surface area contributed by atoms with Gasteiger partial charge >= 0.3 is 5.97 Å². The molecule has 1 rings (SSSR count). The van der Waals surface area contributed by atoms with Crippen molar-refractivity contribution in [2.24, 2.45) is 5.73 Å². The van der Waals surface area contributed by atoms with Crippen LogP contribution < -0.4 is 21.7 Å². The van der Waals surface area contributed by atoms with E-state index in [0.717, 1.165) is 5.56 Å². The molecule has 1 aromatic rings. The number of carboxylic acid groups (broad SMARTS) is 1. The molecule has 0 aromatic heterocycles. The van der Waals surface area contributed by atoms with Crippen LogP contribution in [0.1, 0.15) is 26.3 Å². The van der Waals surface area contributed by atoms with Gasteiger partial charge in [-0.3, -0.25) is 19.2 Å². The highest BCUT2D eigenvalue weighted by molar-refractivity contribution is 5.93. The fourth-order valence-electron chi connectivity index (χ4n) is 2.15. The van der Waals surface area contributed by atoms with Gasteiger partial charge in [0.15, 0.2) is 0 Å². The third kappa shape index (κ3) is 7.45. The highest BCUT2D eigenvalue weighted by atomic mass is 16.4. The number of amides is 3. The summed E-state index contributed by atoms with van der Waals surface area (Å²) >= 11 is 0. The fourth-order valence-corrected chi connectivity index (χ4v) is 2.15. The molecule has 0 unspecified atom stereocenters. The van der Waals surface area contributed by atoms with Gasteiger partial charge in [-0.15, -0.1) is 0 Å². The Morgan fingerprint density at radius 3 is 1.78 bits per heavy atom. The minimum absolute atomic E-state index is 0.326. The summed E-state index contributed by atoms with van der Waals surface area (Å²) in [5, 5.41) is 15.9. The van der Waals surface area contributed by atoms with Crippen molar-refractivity contribution < 1.29 is 24.3 Å². The number of nitrogens with one attached hydrogen (secondary N) is 3. The highest BCUT2D eigenvalue weighted by Crippen LogP contribution is 2.02.